The summed E-state index contributed by atoms with van der Waals surface area (Å²) in [4.78, 5) is 22.0. The van der Waals surface area contributed by atoms with Crippen molar-refractivity contribution in [3.63, 3.8) is 0 Å². The van der Waals surface area contributed by atoms with Gasteiger partial charge in [0.1, 0.15) is 5.02 Å². The normalized spacial score (nSPS) is 14.8. The molecule has 1 amide bonds. The van der Waals surface area contributed by atoms with Gasteiger partial charge < -0.3 is 5.32 Å². The SMILES string of the molecule is O=C(NCC1CCC1)c1cc(Cl)c(Cl)c([N+](=O)[O-])c1. The second-order valence-corrected chi connectivity index (χ2v) is 5.34. The van der Waals surface area contributed by atoms with Crippen LogP contribution in [0.15, 0.2) is 12.1 Å². The van der Waals surface area contributed by atoms with Crippen LogP contribution in [0.5, 0.6) is 0 Å². The van der Waals surface area contributed by atoms with Crippen molar-refractivity contribution in [2.75, 3.05) is 6.54 Å². The lowest BCUT2D eigenvalue weighted by atomic mass is 9.85. The topological polar surface area (TPSA) is 72.2 Å². The van der Waals surface area contributed by atoms with Crippen LogP contribution in [0.25, 0.3) is 0 Å². The molecular weight excluding hydrogens is 291 g/mol. The van der Waals surface area contributed by atoms with Crippen molar-refractivity contribution in [3.8, 4) is 0 Å². The smallest absolute Gasteiger partial charge is 0.290 e. The van der Waals surface area contributed by atoms with Gasteiger partial charge in [-0.1, -0.05) is 29.6 Å². The number of hydrogen-bond acceptors (Lipinski definition) is 3. The van der Waals surface area contributed by atoms with Gasteiger partial charge >= 0.3 is 0 Å². The van der Waals surface area contributed by atoms with Gasteiger partial charge in [-0.25, -0.2) is 0 Å². The van der Waals surface area contributed by atoms with E-state index in [9.17, 15) is 14.9 Å². The van der Waals surface area contributed by atoms with E-state index in [4.69, 9.17) is 23.2 Å². The summed E-state index contributed by atoms with van der Waals surface area (Å²) in [5.74, 6) is 0.148. The summed E-state index contributed by atoms with van der Waals surface area (Å²) in [6.07, 6.45) is 3.42. The minimum atomic E-state index is -0.656. The van der Waals surface area contributed by atoms with Crippen LogP contribution in [0.2, 0.25) is 10.0 Å². The van der Waals surface area contributed by atoms with Crippen molar-refractivity contribution in [2.45, 2.75) is 19.3 Å². The molecule has 0 spiro atoms. The predicted molar refractivity (Wildman–Crippen MR) is 72.8 cm³/mol. The van der Waals surface area contributed by atoms with Crippen molar-refractivity contribution in [1.82, 2.24) is 5.32 Å². The predicted octanol–water partition coefficient (Wildman–Crippen LogP) is 3.43. The Morgan fingerprint density at radius 2 is 2.11 bits per heavy atom. The molecule has 1 aromatic carbocycles. The Labute approximate surface area is 120 Å². The van der Waals surface area contributed by atoms with Gasteiger partial charge in [0.15, 0.2) is 0 Å². The highest BCUT2D eigenvalue weighted by Gasteiger charge is 2.22. The van der Waals surface area contributed by atoms with E-state index in [1.807, 2.05) is 0 Å². The number of carbonyl (C=O) groups excluding carboxylic acids is 1. The van der Waals surface area contributed by atoms with Crippen molar-refractivity contribution >= 4 is 34.8 Å². The Morgan fingerprint density at radius 1 is 1.42 bits per heavy atom. The summed E-state index contributed by atoms with van der Waals surface area (Å²) in [5, 5.41) is 13.4. The van der Waals surface area contributed by atoms with Crippen LogP contribution in [-0.2, 0) is 0 Å². The minimum Gasteiger partial charge on any atom is -0.352 e. The van der Waals surface area contributed by atoms with Crippen LogP contribution in [0, 0.1) is 16.0 Å². The molecule has 2 rings (SSSR count). The molecule has 0 bridgehead atoms. The third kappa shape index (κ3) is 3.16. The maximum atomic E-state index is 11.9. The lowest BCUT2D eigenvalue weighted by Crippen LogP contribution is -2.32. The van der Waals surface area contributed by atoms with Gasteiger partial charge in [0, 0.05) is 18.2 Å². The van der Waals surface area contributed by atoms with E-state index in [0.717, 1.165) is 18.9 Å². The molecule has 1 aromatic rings. The lowest BCUT2D eigenvalue weighted by molar-refractivity contribution is -0.384. The van der Waals surface area contributed by atoms with Gasteiger partial charge in [-0.15, -0.1) is 0 Å². The van der Waals surface area contributed by atoms with Crippen molar-refractivity contribution in [1.29, 1.82) is 0 Å². The largest absolute Gasteiger partial charge is 0.352 e. The molecule has 5 nitrogen and oxygen atoms in total. The number of nitro benzene ring substituents is 1. The summed E-state index contributed by atoms with van der Waals surface area (Å²) >= 11 is 11.5. The molecular formula is C12H12Cl2N2O3. The van der Waals surface area contributed by atoms with Crippen molar-refractivity contribution < 1.29 is 9.72 Å². The molecule has 7 heteroatoms. The van der Waals surface area contributed by atoms with Gasteiger partial charge in [0.2, 0.25) is 0 Å². The molecule has 102 valence electrons. The molecule has 0 atom stereocenters. The van der Waals surface area contributed by atoms with Crippen LogP contribution < -0.4 is 5.32 Å². The number of amides is 1. The third-order valence-electron chi connectivity index (χ3n) is 3.24. The van der Waals surface area contributed by atoms with Gasteiger partial charge in [-0.2, -0.15) is 0 Å². The molecule has 0 unspecified atom stereocenters. The van der Waals surface area contributed by atoms with E-state index in [2.05, 4.69) is 5.32 Å². The van der Waals surface area contributed by atoms with Gasteiger partial charge in [-0.3, -0.25) is 14.9 Å². The Kier molecular flexibility index (Phi) is 4.27. The Morgan fingerprint density at radius 3 is 2.63 bits per heavy atom. The number of carbonyl (C=O) groups is 1. The number of halogens is 2. The number of nitrogens with one attached hydrogen (secondary N) is 1. The summed E-state index contributed by atoms with van der Waals surface area (Å²) in [5.41, 5.74) is -0.205. The Hall–Kier alpha value is -1.33. The molecule has 1 fully saturated rings. The summed E-state index contributed by atoms with van der Waals surface area (Å²) < 4.78 is 0. The van der Waals surface area contributed by atoms with Crippen molar-refractivity contribution in [2.24, 2.45) is 5.92 Å². The first-order valence-electron chi connectivity index (χ1n) is 5.90. The quantitative estimate of drug-likeness (QED) is 0.684. The van der Waals surface area contributed by atoms with E-state index in [0.29, 0.717) is 12.5 Å². The average molecular weight is 303 g/mol. The maximum absolute atomic E-state index is 11.9. The highest BCUT2D eigenvalue weighted by Crippen LogP contribution is 2.33. The van der Waals surface area contributed by atoms with Crippen LogP contribution in [0.4, 0.5) is 5.69 Å². The molecule has 19 heavy (non-hydrogen) atoms. The fourth-order valence-electron chi connectivity index (χ4n) is 1.87. The molecule has 0 saturated heterocycles. The van der Waals surface area contributed by atoms with Crippen LogP contribution in [0.3, 0.4) is 0 Å². The second kappa shape index (κ2) is 5.75. The standard InChI is InChI=1S/C12H12Cl2N2O3/c13-9-4-8(5-10(11(9)14)16(18)19)12(17)15-6-7-2-1-3-7/h4-5,7H,1-3,6H2,(H,15,17). The fraction of sp³-hybridized carbons (Fsp3) is 0.417. The fourth-order valence-corrected chi connectivity index (χ4v) is 2.27. The first-order chi connectivity index (χ1) is 8.99. The monoisotopic (exact) mass is 302 g/mol. The second-order valence-electron chi connectivity index (χ2n) is 4.56. The highest BCUT2D eigenvalue weighted by atomic mass is 35.5. The van der Waals surface area contributed by atoms with E-state index in [1.165, 1.54) is 12.5 Å². The number of benzene rings is 1. The molecule has 1 aliphatic rings. The van der Waals surface area contributed by atoms with E-state index < -0.39 is 4.92 Å². The van der Waals surface area contributed by atoms with Gasteiger partial charge in [-0.05, 0) is 24.8 Å². The first-order valence-corrected chi connectivity index (χ1v) is 6.66. The molecule has 1 aliphatic carbocycles. The zero-order valence-corrected chi connectivity index (χ0v) is 11.5. The van der Waals surface area contributed by atoms with Gasteiger partial charge in [0.05, 0.1) is 9.95 Å². The van der Waals surface area contributed by atoms with Crippen LogP contribution in [0.1, 0.15) is 29.6 Å². The summed E-state index contributed by atoms with van der Waals surface area (Å²) in [7, 11) is 0. The Bertz CT molecular complexity index is 530. The number of hydrogen-bond donors (Lipinski definition) is 1. The average Bonchev–Trinajstić information content (AvgIpc) is 2.29. The zero-order valence-electron chi connectivity index (χ0n) is 9.99. The summed E-state index contributed by atoms with van der Waals surface area (Å²) in [6, 6.07) is 2.48. The molecule has 1 N–H and O–H groups in total. The van der Waals surface area contributed by atoms with E-state index >= 15 is 0 Å². The third-order valence-corrected chi connectivity index (χ3v) is 4.04. The Balaban J connectivity index is 2.14. The maximum Gasteiger partial charge on any atom is 0.290 e. The van der Waals surface area contributed by atoms with Gasteiger partial charge in [0.25, 0.3) is 11.6 Å². The first kappa shape index (κ1) is 14.1. The van der Waals surface area contributed by atoms with E-state index in [-0.39, 0.29) is 27.2 Å². The van der Waals surface area contributed by atoms with E-state index in [1.54, 1.807) is 0 Å². The van der Waals surface area contributed by atoms with Crippen LogP contribution in [-0.4, -0.2) is 17.4 Å². The van der Waals surface area contributed by atoms with Crippen molar-refractivity contribution in [3.05, 3.63) is 37.9 Å². The molecule has 0 aromatic heterocycles. The highest BCUT2D eigenvalue weighted by molar-refractivity contribution is 6.43. The molecule has 1 saturated carbocycles. The van der Waals surface area contributed by atoms with Crippen LogP contribution >= 0.6 is 23.2 Å². The number of rotatable bonds is 4. The minimum absolute atomic E-state index is 0.00432. The zero-order chi connectivity index (χ0) is 14.0. The lowest BCUT2D eigenvalue weighted by Gasteiger charge is -2.25. The molecule has 0 heterocycles. The number of nitro groups is 1. The number of nitrogens with zero attached hydrogens (tertiary/aromatic N) is 1. The molecule has 0 aliphatic heterocycles. The molecule has 0 radical (unpaired) electrons. The summed E-state index contributed by atoms with van der Waals surface area (Å²) in [6.45, 7) is 0.590.